The summed E-state index contributed by atoms with van der Waals surface area (Å²) >= 11 is 0. The van der Waals surface area contributed by atoms with Gasteiger partial charge in [0.1, 0.15) is 0 Å². The van der Waals surface area contributed by atoms with Gasteiger partial charge in [-0.1, -0.05) is 6.07 Å². The molecule has 0 atom stereocenters. The molecule has 0 aromatic heterocycles. The zero-order valence-electron chi connectivity index (χ0n) is 13.2. The molecule has 1 amide bonds. The van der Waals surface area contributed by atoms with Crippen molar-refractivity contribution in [2.24, 2.45) is 5.73 Å². The van der Waals surface area contributed by atoms with Crippen molar-refractivity contribution in [1.82, 2.24) is 4.72 Å². The second kappa shape index (κ2) is 5.98. The van der Waals surface area contributed by atoms with E-state index in [1.165, 1.54) is 6.92 Å². The van der Waals surface area contributed by atoms with Crippen molar-refractivity contribution in [3.05, 3.63) is 23.8 Å². The Kier molecular flexibility index (Phi) is 4.60. The van der Waals surface area contributed by atoms with Gasteiger partial charge >= 0.3 is 0 Å². The molecular weight excluding hydrogens is 302 g/mol. The standard InChI is InChI=1S/C15H23N3O3S/c1-11(19)18-8-4-5-12-6-7-13(9-14(12)18)22(20,21)17-10-15(2,3)16/h6-7,9,17H,4-5,8,10,16H2,1-3H3. The first kappa shape index (κ1) is 16.9. The second-order valence-electron chi connectivity index (χ2n) is 6.38. The van der Waals surface area contributed by atoms with Crippen molar-refractivity contribution in [3.63, 3.8) is 0 Å². The first-order valence-electron chi connectivity index (χ1n) is 7.30. The average Bonchev–Trinajstić information content (AvgIpc) is 2.43. The first-order chi connectivity index (χ1) is 10.1. The van der Waals surface area contributed by atoms with Crippen molar-refractivity contribution in [3.8, 4) is 0 Å². The van der Waals surface area contributed by atoms with Gasteiger partial charge in [0.2, 0.25) is 15.9 Å². The monoisotopic (exact) mass is 325 g/mol. The van der Waals surface area contributed by atoms with E-state index in [9.17, 15) is 13.2 Å². The van der Waals surface area contributed by atoms with Gasteiger partial charge in [-0.3, -0.25) is 4.79 Å². The van der Waals surface area contributed by atoms with Crippen LogP contribution in [0.15, 0.2) is 23.1 Å². The van der Waals surface area contributed by atoms with Gasteiger partial charge < -0.3 is 10.6 Å². The summed E-state index contributed by atoms with van der Waals surface area (Å²) in [5.41, 5.74) is 6.87. The molecule has 0 bridgehead atoms. The van der Waals surface area contributed by atoms with E-state index in [1.54, 1.807) is 36.9 Å². The number of amides is 1. The van der Waals surface area contributed by atoms with Crippen molar-refractivity contribution in [2.75, 3.05) is 18.0 Å². The number of sulfonamides is 1. The minimum absolute atomic E-state index is 0.0773. The van der Waals surface area contributed by atoms with Crippen LogP contribution in [0.25, 0.3) is 0 Å². The summed E-state index contributed by atoms with van der Waals surface area (Å²) in [6.45, 7) is 5.75. The molecule has 122 valence electrons. The van der Waals surface area contributed by atoms with Gasteiger partial charge in [-0.2, -0.15) is 0 Å². The Morgan fingerprint density at radius 1 is 1.41 bits per heavy atom. The molecule has 6 nitrogen and oxygen atoms in total. The Hall–Kier alpha value is -1.44. The van der Waals surface area contributed by atoms with Crippen LogP contribution >= 0.6 is 0 Å². The molecule has 0 aliphatic carbocycles. The molecule has 1 aromatic rings. The van der Waals surface area contributed by atoms with Crippen LogP contribution in [0.1, 0.15) is 32.8 Å². The van der Waals surface area contributed by atoms with Gasteiger partial charge in [-0.05, 0) is 44.4 Å². The molecule has 0 fully saturated rings. The van der Waals surface area contributed by atoms with Gasteiger partial charge in [-0.25, -0.2) is 13.1 Å². The molecule has 0 saturated heterocycles. The third-order valence-electron chi connectivity index (χ3n) is 3.58. The van der Waals surface area contributed by atoms with E-state index in [2.05, 4.69) is 4.72 Å². The smallest absolute Gasteiger partial charge is 0.240 e. The first-order valence-corrected chi connectivity index (χ1v) is 8.78. The van der Waals surface area contributed by atoms with Gasteiger partial charge in [-0.15, -0.1) is 0 Å². The van der Waals surface area contributed by atoms with Crippen molar-refractivity contribution >= 4 is 21.6 Å². The molecule has 0 radical (unpaired) electrons. The molecule has 0 unspecified atom stereocenters. The number of aryl methyl sites for hydroxylation is 1. The summed E-state index contributed by atoms with van der Waals surface area (Å²) in [5.74, 6) is -0.0773. The number of nitrogens with one attached hydrogen (secondary N) is 1. The number of rotatable bonds is 4. The third-order valence-corrected chi connectivity index (χ3v) is 4.98. The second-order valence-corrected chi connectivity index (χ2v) is 8.14. The Bertz CT molecular complexity index is 678. The summed E-state index contributed by atoms with van der Waals surface area (Å²) in [5, 5.41) is 0. The molecule has 1 heterocycles. The molecule has 22 heavy (non-hydrogen) atoms. The van der Waals surface area contributed by atoms with E-state index in [0.29, 0.717) is 12.2 Å². The number of hydrogen-bond donors (Lipinski definition) is 2. The number of carbonyl (C=O) groups excluding carboxylic acids is 1. The zero-order chi connectivity index (χ0) is 16.5. The molecule has 1 aliphatic heterocycles. The fraction of sp³-hybridized carbons (Fsp3) is 0.533. The summed E-state index contributed by atoms with van der Waals surface area (Å²) in [6.07, 6.45) is 1.74. The molecule has 1 aromatic carbocycles. The maximum absolute atomic E-state index is 12.4. The number of fused-ring (bicyclic) bond motifs is 1. The van der Waals surface area contributed by atoms with Crippen LogP contribution < -0.4 is 15.4 Å². The lowest BCUT2D eigenvalue weighted by Crippen LogP contribution is -2.45. The van der Waals surface area contributed by atoms with Crippen LogP contribution in [-0.2, 0) is 21.2 Å². The van der Waals surface area contributed by atoms with Gasteiger partial charge in [0, 0.05) is 31.2 Å². The van der Waals surface area contributed by atoms with Crippen molar-refractivity contribution in [1.29, 1.82) is 0 Å². The quantitative estimate of drug-likeness (QED) is 0.864. The fourth-order valence-corrected chi connectivity index (χ4v) is 3.66. The lowest BCUT2D eigenvalue weighted by atomic mass is 10.0. The maximum Gasteiger partial charge on any atom is 0.240 e. The Morgan fingerprint density at radius 2 is 2.09 bits per heavy atom. The Balaban J connectivity index is 2.34. The zero-order valence-corrected chi connectivity index (χ0v) is 14.0. The topological polar surface area (TPSA) is 92.5 Å². The van der Waals surface area contributed by atoms with E-state index >= 15 is 0 Å². The van der Waals surface area contributed by atoms with Crippen molar-refractivity contribution < 1.29 is 13.2 Å². The highest BCUT2D eigenvalue weighted by molar-refractivity contribution is 7.89. The normalized spacial score (nSPS) is 15.5. The van der Waals surface area contributed by atoms with Crippen LogP contribution in [0.2, 0.25) is 0 Å². The number of anilines is 1. The SMILES string of the molecule is CC(=O)N1CCCc2ccc(S(=O)(=O)NCC(C)(C)N)cc21. The predicted molar refractivity (Wildman–Crippen MR) is 86.2 cm³/mol. The van der Waals surface area contributed by atoms with Crippen molar-refractivity contribution in [2.45, 2.75) is 44.0 Å². The molecule has 0 saturated carbocycles. The van der Waals surface area contributed by atoms with Gasteiger partial charge in [0.25, 0.3) is 0 Å². The molecule has 1 aliphatic rings. The van der Waals surface area contributed by atoms with E-state index in [4.69, 9.17) is 5.73 Å². The number of hydrogen-bond acceptors (Lipinski definition) is 4. The molecule has 0 spiro atoms. The molecule has 3 N–H and O–H groups in total. The summed E-state index contributed by atoms with van der Waals surface area (Å²) < 4.78 is 27.3. The number of benzene rings is 1. The van der Waals surface area contributed by atoms with Gasteiger partial charge in [0.15, 0.2) is 0 Å². The van der Waals surface area contributed by atoms with E-state index < -0.39 is 15.6 Å². The minimum Gasteiger partial charge on any atom is -0.324 e. The molecular formula is C15H23N3O3S. The fourth-order valence-electron chi connectivity index (χ4n) is 2.41. The molecule has 7 heteroatoms. The highest BCUT2D eigenvalue weighted by Gasteiger charge is 2.24. The highest BCUT2D eigenvalue weighted by atomic mass is 32.2. The highest BCUT2D eigenvalue weighted by Crippen LogP contribution is 2.29. The summed E-state index contributed by atoms with van der Waals surface area (Å²) in [7, 11) is -3.64. The van der Waals surface area contributed by atoms with Crippen LogP contribution in [-0.4, -0.2) is 33.0 Å². The van der Waals surface area contributed by atoms with Crippen LogP contribution in [0.3, 0.4) is 0 Å². The van der Waals surface area contributed by atoms with Crippen LogP contribution in [0.4, 0.5) is 5.69 Å². The van der Waals surface area contributed by atoms with E-state index in [1.807, 2.05) is 0 Å². The predicted octanol–water partition coefficient (Wildman–Crippen LogP) is 1.00. The van der Waals surface area contributed by atoms with E-state index in [0.717, 1.165) is 18.4 Å². The molecule has 2 rings (SSSR count). The summed E-state index contributed by atoms with van der Waals surface area (Å²) in [6, 6.07) is 4.93. The maximum atomic E-state index is 12.4. The average molecular weight is 325 g/mol. The minimum atomic E-state index is -3.64. The number of nitrogens with zero attached hydrogens (tertiary/aromatic N) is 1. The number of nitrogens with two attached hydrogens (primary N) is 1. The largest absolute Gasteiger partial charge is 0.324 e. The van der Waals surface area contributed by atoms with Gasteiger partial charge in [0.05, 0.1) is 4.90 Å². The third kappa shape index (κ3) is 3.85. The lowest BCUT2D eigenvalue weighted by Gasteiger charge is -2.29. The van der Waals surface area contributed by atoms with E-state index in [-0.39, 0.29) is 17.3 Å². The van der Waals surface area contributed by atoms with Crippen LogP contribution in [0.5, 0.6) is 0 Å². The Labute approximate surface area is 131 Å². The number of carbonyl (C=O) groups is 1. The Morgan fingerprint density at radius 3 is 2.68 bits per heavy atom. The lowest BCUT2D eigenvalue weighted by molar-refractivity contribution is -0.116. The van der Waals surface area contributed by atoms with Crippen LogP contribution in [0, 0.1) is 0 Å². The summed E-state index contributed by atoms with van der Waals surface area (Å²) in [4.78, 5) is 13.5.